The molecule has 0 spiro atoms. The summed E-state index contributed by atoms with van der Waals surface area (Å²) < 4.78 is 5.37. The minimum Gasteiger partial charge on any atom is -0.379 e. The van der Waals surface area contributed by atoms with Gasteiger partial charge in [-0.15, -0.1) is 24.0 Å². The number of aliphatic imine (C=N–C) groups is 1. The van der Waals surface area contributed by atoms with Crippen LogP contribution >= 0.6 is 24.0 Å². The van der Waals surface area contributed by atoms with Gasteiger partial charge < -0.3 is 20.3 Å². The number of hydrogen-bond acceptors (Lipinski definition) is 4. The number of nitrogens with one attached hydrogen (secondary N) is 2. The Labute approximate surface area is 184 Å². The molecule has 0 unspecified atom stereocenters. The van der Waals surface area contributed by atoms with Crippen LogP contribution in [-0.4, -0.2) is 75.8 Å². The molecule has 1 amide bonds. The number of nitrogens with zero attached hydrogens (tertiary/aromatic N) is 3. The van der Waals surface area contributed by atoms with Gasteiger partial charge in [0.05, 0.1) is 13.2 Å². The maximum absolute atomic E-state index is 12.6. The van der Waals surface area contributed by atoms with Crippen LogP contribution in [0.25, 0.3) is 0 Å². The number of anilines is 1. The monoisotopic (exact) mass is 501 g/mol. The van der Waals surface area contributed by atoms with Crippen molar-refractivity contribution in [2.45, 2.75) is 19.8 Å². The molecule has 0 radical (unpaired) electrons. The molecule has 2 aliphatic heterocycles. The number of hydrogen-bond donors (Lipinski definition) is 2. The van der Waals surface area contributed by atoms with Crippen LogP contribution in [0.5, 0.6) is 0 Å². The van der Waals surface area contributed by atoms with Crippen molar-refractivity contribution in [1.29, 1.82) is 0 Å². The lowest BCUT2D eigenvalue weighted by Crippen LogP contribution is -2.41. The fourth-order valence-corrected chi connectivity index (χ4v) is 3.51. The molecular weight excluding hydrogens is 469 g/mol. The number of para-hydroxylation sites is 1. The molecule has 1 saturated heterocycles. The number of morpholine rings is 1. The van der Waals surface area contributed by atoms with Crippen LogP contribution in [0.2, 0.25) is 0 Å². The molecular formula is C20H32IN5O2. The predicted octanol–water partition coefficient (Wildman–Crippen LogP) is 1.47. The van der Waals surface area contributed by atoms with Gasteiger partial charge in [0.1, 0.15) is 6.54 Å². The standard InChI is InChI=1S/C20H31N5O2.HI/c1-2-21-20(22-9-5-10-24-12-14-27-15-13-24)23-16-19(26)25-11-8-17-6-3-4-7-18(17)25;/h3-4,6-7H,2,5,8-16H2,1H3,(H2,21,22,23);1H. The van der Waals surface area contributed by atoms with Crippen molar-refractivity contribution in [1.82, 2.24) is 15.5 Å². The van der Waals surface area contributed by atoms with Gasteiger partial charge in [-0.1, -0.05) is 18.2 Å². The van der Waals surface area contributed by atoms with Crippen molar-refractivity contribution in [2.75, 3.05) is 63.9 Å². The first kappa shape index (κ1) is 22.9. The summed E-state index contributed by atoms with van der Waals surface area (Å²) in [6.45, 7) is 9.30. The van der Waals surface area contributed by atoms with Crippen molar-refractivity contribution in [2.24, 2.45) is 4.99 Å². The molecule has 28 heavy (non-hydrogen) atoms. The number of halogens is 1. The second-order valence-corrected chi connectivity index (χ2v) is 6.85. The van der Waals surface area contributed by atoms with Crippen LogP contribution in [0.1, 0.15) is 18.9 Å². The molecule has 0 saturated carbocycles. The van der Waals surface area contributed by atoms with Gasteiger partial charge in [-0.25, -0.2) is 4.99 Å². The molecule has 1 fully saturated rings. The largest absolute Gasteiger partial charge is 0.379 e. The lowest BCUT2D eigenvalue weighted by Gasteiger charge is -2.26. The number of ether oxygens (including phenoxy) is 1. The Balaban J connectivity index is 0.00000280. The first-order chi connectivity index (χ1) is 13.3. The van der Waals surface area contributed by atoms with Gasteiger partial charge in [-0.2, -0.15) is 0 Å². The van der Waals surface area contributed by atoms with Gasteiger partial charge >= 0.3 is 0 Å². The van der Waals surface area contributed by atoms with Crippen LogP contribution in [0.15, 0.2) is 29.3 Å². The van der Waals surface area contributed by atoms with Crippen LogP contribution in [0, 0.1) is 0 Å². The molecule has 0 aromatic heterocycles. The minimum atomic E-state index is 0. The molecule has 0 aliphatic carbocycles. The third-order valence-corrected chi connectivity index (χ3v) is 4.95. The number of rotatable bonds is 7. The second-order valence-electron chi connectivity index (χ2n) is 6.85. The molecule has 2 heterocycles. The molecule has 3 rings (SSSR count). The molecule has 1 aromatic rings. The predicted molar refractivity (Wildman–Crippen MR) is 124 cm³/mol. The van der Waals surface area contributed by atoms with Crippen LogP contribution < -0.4 is 15.5 Å². The summed E-state index contributed by atoms with van der Waals surface area (Å²) in [7, 11) is 0. The Bertz CT molecular complexity index is 649. The Hall–Kier alpha value is -1.39. The third kappa shape index (κ3) is 6.59. The lowest BCUT2D eigenvalue weighted by molar-refractivity contribution is -0.117. The summed E-state index contributed by atoms with van der Waals surface area (Å²) in [5, 5.41) is 6.56. The van der Waals surface area contributed by atoms with Crippen molar-refractivity contribution in [3.63, 3.8) is 0 Å². The average Bonchev–Trinajstić information content (AvgIpc) is 3.14. The molecule has 1 aromatic carbocycles. The highest BCUT2D eigenvalue weighted by molar-refractivity contribution is 14.0. The van der Waals surface area contributed by atoms with Crippen molar-refractivity contribution < 1.29 is 9.53 Å². The maximum atomic E-state index is 12.6. The highest BCUT2D eigenvalue weighted by atomic mass is 127. The molecule has 2 aliphatic rings. The summed E-state index contributed by atoms with van der Waals surface area (Å²) in [6, 6.07) is 8.11. The van der Waals surface area contributed by atoms with Gasteiger partial charge in [-0.05, 0) is 37.9 Å². The molecule has 0 atom stereocenters. The van der Waals surface area contributed by atoms with Crippen molar-refractivity contribution >= 4 is 41.5 Å². The first-order valence-corrected chi connectivity index (χ1v) is 9.98. The minimum absolute atomic E-state index is 0. The van der Waals surface area contributed by atoms with E-state index in [1.165, 1.54) is 5.56 Å². The molecule has 0 bridgehead atoms. The Morgan fingerprint density at radius 3 is 2.75 bits per heavy atom. The lowest BCUT2D eigenvalue weighted by atomic mass is 10.2. The van der Waals surface area contributed by atoms with Crippen molar-refractivity contribution in [3.05, 3.63) is 29.8 Å². The summed E-state index contributed by atoms with van der Waals surface area (Å²) in [5.41, 5.74) is 2.27. The van der Waals surface area contributed by atoms with E-state index >= 15 is 0 Å². The topological polar surface area (TPSA) is 69.2 Å². The summed E-state index contributed by atoms with van der Waals surface area (Å²) in [6.07, 6.45) is 1.96. The Morgan fingerprint density at radius 2 is 1.96 bits per heavy atom. The number of benzene rings is 1. The third-order valence-electron chi connectivity index (χ3n) is 4.95. The molecule has 8 heteroatoms. The highest BCUT2D eigenvalue weighted by Gasteiger charge is 2.23. The molecule has 2 N–H and O–H groups in total. The summed E-state index contributed by atoms with van der Waals surface area (Å²) >= 11 is 0. The van der Waals surface area contributed by atoms with Crippen LogP contribution in [-0.2, 0) is 16.0 Å². The van der Waals surface area contributed by atoms with Gasteiger partial charge in [0, 0.05) is 38.4 Å². The highest BCUT2D eigenvalue weighted by Crippen LogP contribution is 2.27. The zero-order valence-corrected chi connectivity index (χ0v) is 19.0. The van der Waals surface area contributed by atoms with E-state index in [2.05, 4.69) is 26.6 Å². The fraction of sp³-hybridized carbons (Fsp3) is 0.600. The average molecular weight is 501 g/mol. The Kier molecular flexibility index (Phi) is 10.0. The van der Waals surface area contributed by atoms with Crippen LogP contribution in [0.4, 0.5) is 5.69 Å². The number of carbonyl (C=O) groups excluding carboxylic acids is 1. The number of guanidine groups is 1. The van der Waals surface area contributed by atoms with E-state index in [1.807, 2.05) is 30.0 Å². The molecule has 156 valence electrons. The van der Waals surface area contributed by atoms with Crippen molar-refractivity contribution in [3.8, 4) is 0 Å². The van der Waals surface area contributed by atoms with E-state index in [9.17, 15) is 4.79 Å². The van der Waals surface area contributed by atoms with Crippen LogP contribution in [0.3, 0.4) is 0 Å². The van der Waals surface area contributed by atoms with E-state index in [4.69, 9.17) is 4.74 Å². The van der Waals surface area contributed by atoms with E-state index in [1.54, 1.807) is 0 Å². The number of carbonyl (C=O) groups is 1. The van der Waals surface area contributed by atoms with Gasteiger partial charge in [0.15, 0.2) is 5.96 Å². The second kappa shape index (κ2) is 12.2. The Morgan fingerprint density at radius 1 is 1.18 bits per heavy atom. The van der Waals surface area contributed by atoms with E-state index in [0.717, 1.165) is 71.0 Å². The number of amides is 1. The normalized spacial score (nSPS) is 17.0. The zero-order valence-electron chi connectivity index (χ0n) is 16.7. The SMILES string of the molecule is CCNC(=NCC(=O)N1CCc2ccccc21)NCCCN1CCOCC1.I. The van der Waals surface area contributed by atoms with E-state index in [-0.39, 0.29) is 36.4 Å². The van der Waals surface area contributed by atoms with Gasteiger partial charge in [-0.3, -0.25) is 9.69 Å². The smallest absolute Gasteiger partial charge is 0.248 e. The van der Waals surface area contributed by atoms with E-state index in [0.29, 0.717) is 5.96 Å². The molecule has 7 nitrogen and oxygen atoms in total. The fourth-order valence-electron chi connectivity index (χ4n) is 3.51. The first-order valence-electron chi connectivity index (χ1n) is 9.98. The summed E-state index contributed by atoms with van der Waals surface area (Å²) in [5.74, 6) is 0.755. The maximum Gasteiger partial charge on any atom is 0.248 e. The number of fused-ring (bicyclic) bond motifs is 1. The summed E-state index contributed by atoms with van der Waals surface area (Å²) in [4.78, 5) is 21.4. The van der Waals surface area contributed by atoms with Gasteiger partial charge in [0.2, 0.25) is 5.91 Å². The van der Waals surface area contributed by atoms with E-state index < -0.39 is 0 Å². The van der Waals surface area contributed by atoms with Gasteiger partial charge in [0.25, 0.3) is 0 Å². The zero-order chi connectivity index (χ0) is 18.9. The quantitative estimate of drug-likeness (QED) is 0.257.